The molecule has 2 fully saturated rings. The summed E-state index contributed by atoms with van der Waals surface area (Å²) in [5, 5.41) is 9.71. The molecule has 2 saturated heterocycles. The van der Waals surface area contributed by atoms with Crippen molar-refractivity contribution in [2.45, 2.75) is 50.0 Å². The molecule has 19 heavy (non-hydrogen) atoms. The largest absolute Gasteiger partial charge is 0.417 e. The molecule has 0 spiro atoms. The highest BCUT2D eigenvalue weighted by molar-refractivity contribution is 5.44. The fourth-order valence-corrected chi connectivity index (χ4v) is 3.23. The lowest BCUT2D eigenvalue weighted by Gasteiger charge is -2.38. The summed E-state index contributed by atoms with van der Waals surface area (Å²) in [4.78, 5) is 6.04. The lowest BCUT2D eigenvalue weighted by molar-refractivity contribution is -0.137. The molecule has 3 atom stereocenters. The van der Waals surface area contributed by atoms with E-state index in [9.17, 15) is 18.3 Å². The van der Waals surface area contributed by atoms with Crippen molar-refractivity contribution < 1.29 is 18.3 Å². The maximum absolute atomic E-state index is 12.5. The Bertz CT molecular complexity index is 446. The van der Waals surface area contributed by atoms with E-state index in [-0.39, 0.29) is 18.2 Å². The molecule has 6 heteroatoms. The Morgan fingerprint density at radius 1 is 1.16 bits per heavy atom. The molecule has 1 aromatic rings. The van der Waals surface area contributed by atoms with Crippen molar-refractivity contribution in [1.82, 2.24) is 4.98 Å². The van der Waals surface area contributed by atoms with Gasteiger partial charge in [-0.1, -0.05) is 0 Å². The Labute approximate surface area is 109 Å². The molecule has 1 N–H and O–H groups in total. The van der Waals surface area contributed by atoms with Crippen LogP contribution >= 0.6 is 0 Å². The van der Waals surface area contributed by atoms with E-state index in [2.05, 4.69) is 9.88 Å². The second-order valence-corrected chi connectivity index (χ2v) is 5.32. The average Bonchev–Trinajstić information content (AvgIpc) is 2.61. The van der Waals surface area contributed by atoms with Gasteiger partial charge in [-0.2, -0.15) is 13.2 Å². The van der Waals surface area contributed by atoms with Crippen molar-refractivity contribution in [3.63, 3.8) is 0 Å². The summed E-state index contributed by atoms with van der Waals surface area (Å²) >= 11 is 0. The smallest absolute Gasteiger partial charge is 0.393 e. The third-order valence-electron chi connectivity index (χ3n) is 4.05. The number of aromatic nitrogens is 1. The lowest BCUT2D eigenvalue weighted by Crippen LogP contribution is -2.45. The summed E-state index contributed by atoms with van der Waals surface area (Å²) in [6, 6.07) is 2.93. The Hall–Kier alpha value is -1.30. The van der Waals surface area contributed by atoms with Gasteiger partial charge in [0, 0.05) is 18.3 Å². The third kappa shape index (κ3) is 2.29. The zero-order chi connectivity index (χ0) is 13.6. The minimum atomic E-state index is -4.34. The maximum Gasteiger partial charge on any atom is 0.417 e. The number of alkyl halides is 3. The second kappa shape index (κ2) is 4.37. The summed E-state index contributed by atoms with van der Waals surface area (Å²) in [6.07, 6.45) is -0.432. The van der Waals surface area contributed by atoms with Gasteiger partial charge in [0.1, 0.15) is 5.82 Å². The van der Waals surface area contributed by atoms with Crippen LogP contribution < -0.4 is 4.90 Å². The molecule has 2 bridgehead atoms. The van der Waals surface area contributed by atoms with Crippen molar-refractivity contribution in [3.05, 3.63) is 23.9 Å². The van der Waals surface area contributed by atoms with E-state index in [1.807, 2.05) is 0 Å². The molecule has 0 saturated carbocycles. The van der Waals surface area contributed by atoms with Gasteiger partial charge in [-0.05, 0) is 37.8 Å². The van der Waals surface area contributed by atoms with Crippen LogP contribution in [-0.4, -0.2) is 28.3 Å². The molecule has 0 unspecified atom stereocenters. The van der Waals surface area contributed by atoms with Gasteiger partial charge in [-0.3, -0.25) is 0 Å². The number of rotatable bonds is 1. The van der Waals surface area contributed by atoms with Crippen LogP contribution in [0.2, 0.25) is 0 Å². The molecule has 3 rings (SSSR count). The third-order valence-corrected chi connectivity index (χ3v) is 4.05. The molecule has 0 radical (unpaired) electrons. The van der Waals surface area contributed by atoms with Crippen molar-refractivity contribution in [1.29, 1.82) is 0 Å². The highest BCUT2D eigenvalue weighted by Gasteiger charge is 2.41. The highest BCUT2D eigenvalue weighted by atomic mass is 19.4. The van der Waals surface area contributed by atoms with Crippen LogP contribution in [0.4, 0.5) is 19.0 Å². The van der Waals surface area contributed by atoms with Crippen molar-refractivity contribution in [3.8, 4) is 0 Å². The average molecular weight is 272 g/mol. The van der Waals surface area contributed by atoms with Crippen LogP contribution in [0, 0.1) is 0 Å². The quantitative estimate of drug-likeness (QED) is 0.853. The molecule has 2 aliphatic rings. The van der Waals surface area contributed by atoms with Crippen LogP contribution in [0.25, 0.3) is 0 Å². The van der Waals surface area contributed by atoms with E-state index >= 15 is 0 Å². The minimum absolute atomic E-state index is 0.206. The van der Waals surface area contributed by atoms with E-state index in [0.717, 1.165) is 25.1 Å². The summed E-state index contributed by atoms with van der Waals surface area (Å²) in [7, 11) is 0. The normalized spacial score (nSPS) is 30.7. The minimum Gasteiger partial charge on any atom is -0.393 e. The molecule has 3 nitrogen and oxygen atoms in total. The SMILES string of the molecule is O[C@H]1C[C@H]2CC[C@@H](C1)N2c1ccc(C(F)(F)F)cn1. The van der Waals surface area contributed by atoms with Crippen molar-refractivity contribution >= 4 is 5.82 Å². The zero-order valence-electron chi connectivity index (χ0n) is 10.3. The molecule has 104 valence electrons. The van der Waals surface area contributed by atoms with Crippen molar-refractivity contribution in [2.75, 3.05) is 4.90 Å². The predicted molar refractivity (Wildman–Crippen MR) is 63.8 cm³/mol. The number of nitrogens with zero attached hydrogens (tertiary/aromatic N) is 2. The van der Waals surface area contributed by atoms with Crippen LogP contribution in [-0.2, 0) is 6.18 Å². The van der Waals surface area contributed by atoms with E-state index in [1.165, 1.54) is 6.07 Å². The summed E-state index contributed by atoms with van der Waals surface area (Å²) < 4.78 is 37.5. The van der Waals surface area contributed by atoms with Gasteiger partial charge in [-0.15, -0.1) is 0 Å². The number of anilines is 1. The topological polar surface area (TPSA) is 36.4 Å². The first-order chi connectivity index (χ1) is 8.95. The van der Waals surface area contributed by atoms with Gasteiger partial charge in [0.15, 0.2) is 0 Å². The van der Waals surface area contributed by atoms with Crippen LogP contribution in [0.3, 0.4) is 0 Å². The van der Waals surface area contributed by atoms with Gasteiger partial charge in [-0.25, -0.2) is 4.98 Å². The second-order valence-electron chi connectivity index (χ2n) is 5.32. The molecule has 0 aromatic carbocycles. The van der Waals surface area contributed by atoms with E-state index < -0.39 is 11.7 Å². The Kier molecular flexibility index (Phi) is 2.92. The Balaban J connectivity index is 1.84. The first-order valence-corrected chi connectivity index (χ1v) is 6.45. The Morgan fingerprint density at radius 2 is 1.79 bits per heavy atom. The first kappa shape index (κ1) is 12.7. The number of piperidine rings is 1. The highest BCUT2D eigenvalue weighted by Crippen LogP contribution is 2.39. The van der Waals surface area contributed by atoms with Crippen LogP contribution in [0.15, 0.2) is 18.3 Å². The summed E-state index contributed by atoms with van der Waals surface area (Å²) in [5.41, 5.74) is -0.722. The summed E-state index contributed by atoms with van der Waals surface area (Å²) in [5.74, 6) is 0.590. The molecule has 1 aromatic heterocycles. The number of fused-ring (bicyclic) bond motifs is 2. The van der Waals surface area contributed by atoms with Gasteiger partial charge in [0.05, 0.1) is 11.7 Å². The molecular formula is C13H15F3N2O. The predicted octanol–water partition coefficient (Wildman–Crippen LogP) is 2.59. The van der Waals surface area contributed by atoms with E-state index in [4.69, 9.17) is 0 Å². The summed E-state index contributed by atoms with van der Waals surface area (Å²) in [6.45, 7) is 0. The Morgan fingerprint density at radius 3 is 2.26 bits per heavy atom. The number of pyridine rings is 1. The number of aliphatic hydroxyl groups excluding tert-OH is 1. The monoisotopic (exact) mass is 272 g/mol. The van der Waals surface area contributed by atoms with Gasteiger partial charge in [0.2, 0.25) is 0 Å². The standard InChI is InChI=1S/C13H15F3N2O/c14-13(15,16)8-1-4-12(17-7-8)18-9-2-3-10(18)6-11(19)5-9/h1,4,7,9-11,19H,2-3,5-6H2/t9-,10+,11+. The molecule has 0 aliphatic carbocycles. The molecular weight excluding hydrogens is 257 g/mol. The van der Waals surface area contributed by atoms with Crippen LogP contribution in [0.5, 0.6) is 0 Å². The number of halogens is 3. The molecule has 3 heterocycles. The number of hydrogen-bond donors (Lipinski definition) is 1. The lowest BCUT2D eigenvalue weighted by atomic mass is 10.00. The zero-order valence-corrected chi connectivity index (χ0v) is 10.3. The van der Waals surface area contributed by atoms with E-state index in [1.54, 1.807) is 0 Å². The molecule has 0 amide bonds. The first-order valence-electron chi connectivity index (χ1n) is 6.45. The van der Waals surface area contributed by atoms with E-state index in [0.29, 0.717) is 18.7 Å². The fourth-order valence-electron chi connectivity index (χ4n) is 3.23. The van der Waals surface area contributed by atoms with Gasteiger partial charge in [0.25, 0.3) is 0 Å². The fraction of sp³-hybridized carbons (Fsp3) is 0.615. The molecule has 2 aliphatic heterocycles. The maximum atomic E-state index is 12.5. The van der Waals surface area contributed by atoms with Gasteiger partial charge >= 0.3 is 6.18 Å². The number of aliphatic hydroxyl groups is 1. The van der Waals surface area contributed by atoms with Gasteiger partial charge < -0.3 is 10.0 Å². The van der Waals surface area contributed by atoms with Crippen molar-refractivity contribution in [2.24, 2.45) is 0 Å². The number of hydrogen-bond acceptors (Lipinski definition) is 3. The van der Waals surface area contributed by atoms with Crippen LogP contribution in [0.1, 0.15) is 31.2 Å².